The summed E-state index contributed by atoms with van der Waals surface area (Å²) in [6, 6.07) is 12.0. The van der Waals surface area contributed by atoms with Crippen LogP contribution in [0, 0.1) is 0 Å². The molecular weight excluding hydrogens is 316 g/mol. The third-order valence-corrected chi connectivity index (χ3v) is 3.59. The monoisotopic (exact) mass is 332 g/mol. The second-order valence-electron chi connectivity index (χ2n) is 4.87. The lowest BCUT2D eigenvalue weighted by Crippen LogP contribution is -2.09. The van der Waals surface area contributed by atoms with Crippen molar-refractivity contribution in [2.75, 3.05) is 6.61 Å². The van der Waals surface area contributed by atoms with Gasteiger partial charge in [0.1, 0.15) is 17.9 Å². The van der Waals surface area contributed by atoms with Crippen molar-refractivity contribution in [1.82, 2.24) is 0 Å². The van der Waals surface area contributed by atoms with Gasteiger partial charge in [-0.1, -0.05) is 29.8 Å². The van der Waals surface area contributed by atoms with Gasteiger partial charge in [0.05, 0.1) is 6.61 Å². The first-order valence-corrected chi connectivity index (χ1v) is 7.59. The van der Waals surface area contributed by atoms with Crippen molar-refractivity contribution in [3.63, 3.8) is 0 Å². The summed E-state index contributed by atoms with van der Waals surface area (Å²) in [6.45, 7) is 3.62. The predicted molar refractivity (Wildman–Crippen MR) is 88.2 cm³/mol. The number of carbonyl (C=O) groups excluding carboxylic acids is 2. The van der Waals surface area contributed by atoms with Crippen LogP contribution >= 0.6 is 11.6 Å². The molecule has 0 aromatic heterocycles. The Bertz CT molecular complexity index is 725. The van der Waals surface area contributed by atoms with Crippen molar-refractivity contribution in [3.05, 3.63) is 64.2 Å². The maximum absolute atomic E-state index is 12.1. The number of esters is 1. The minimum absolute atomic E-state index is 0.131. The van der Waals surface area contributed by atoms with E-state index in [4.69, 9.17) is 21.1 Å². The first-order chi connectivity index (χ1) is 11.0. The van der Waals surface area contributed by atoms with Crippen LogP contribution in [-0.4, -0.2) is 18.4 Å². The van der Waals surface area contributed by atoms with Crippen LogP contribution in [0.2, 0.25) is 5.02 Å². The van der Waals surface area contributed by atoms with Gasteiger partial charge in [-0.05, 0) is 38.1 Å². The molecule has 0 N–H and O–H groups in total. The summed E-state index contributed by atoms with van der Waals surface area (Å²) in [5.41, 5.74) is 1.46. The van der Waals surface area contributed by atoms with E-state index in [2.05, 4.69) is 0 Å². The molecule has 23 heavy (non-hydrogen) atoms. The molecule has 120 valence electrons. The highest BCUT2D eigenvalue weighted by atomic mass is 35.5. The van der Waals surface area contributed by atoms with E-state index in [0.29, 0.717) is 16.3 Å². The fraction of sp³-hybridized carbons (Fsp3) is 0.222. The van der Waals surface area contributed by atoms with E-state index in [-0.39, 0.29) is 24.6 Å². The Morgan fingerprint density at radius 3 is 2.52 bits per heavy atom. The predicted octanol–water partition coefficient (Wildman–Crippen LogP) is 4.30. The topological polar surface area (TPSA) is 52.6 Å². The molecule has 0 unspecified atom stereocenters. The second-order valence-corrected chi connectivity index (χ2v) is 5.27. The van der Waals surface area contributed by atoms with Gasteiger partial charge in [-0.3, -0.25) is 4.79 Å². The second kappa shape index (κ2) is 7.79. The number of Topliss-reactive ketones (excluding diaryl/α,β-unsaturated/α-hetero) is 1. The zero-order valence-corrected chi connectivity index (χ0v) is 13.7. The van der Waals surface area contributed by atoms with Gasteiger partial charge in [0.15, 0.2) is 5.78 Å². The van der Waals surface area contributed by atoms with E-state index in [9.17, 15) is 9.59 Å². The fourth-order valence-electron chi connectivity index (χ4n) is 2.01. The molecule has 0 bridgehead atoms. The number of carbonyl (C=O) groups is 2. The molecule has 0 heterocycles. The van der Waals surface area contributed by atoms with Crippen molar-refractivity contribution in [2.45, 2.75) is 20.5 Å². The van der Waals surface area contributed by atoms with Crippen LogP contribution in [-0.2, 0) is 11.3 Å². The highest BCUT2D eigenvalue weighted by Gasteiger charge is 2.16. The molecule has 0 atom stereocenters. The number of hydrogen-bond donors (Lipinski definition) is 0. The standard InChI is InChI=1S/C18H17ClO4/c1-3-22-18(21)15-10-13(12(2)20)8-9-17(15)23-11-14-6-4-5-7-16(14)19/h4-10H,3,11H2,1-2H3. The minimum atomic E-state index is -0.523. The molecular formula is C18H17ClO4. The summed E-state index contributed by atoms with van der Waals surface area (Å²) < 4.78 is 10.7. The summed E-state index contributed by atoms with van der Waals surface area (Å²) >= 11 is 6.09. The largest absolute Gasteiger partial charge is 0.488 e. The van der Waals surface area contributed by atoms with Crippen molar-refractivity contribution in [1.29, 1.82) is 0 Å². The molecule has 0 aliphatic heterocycles. The van der Waals surface area contributed by atoms with Gasteiger partial charge in [-0.25, -0.2) is 4.79 Å². The molecule has 0 aliphatic rings. The highest BCUT2D eigenvalue weighted by molar-refractivity contribution is 6.31. The summed E-state index contributed by atoms with van der Waals surface area (Å²) in [6.07, 6.45) is 0. The van der Waals surface area contributed by atoms with Crippen LogP contribution in [0.25, 0.3) is 0 Å². The van der Waals surface area contributed by atoms with E-state index in [1.165, 1.54) is 13.0 Å². The summed E-state index contributed by atoms with van der Waals surface area (Å²) in [5, 5.41) is 0.588. The lowest BCUT2D eigenvalue weighted by molar-refractivity contribution is 0.0521. The van der Waals surface area contributed by atoms with E-state index in [0.717, 1.165) is 5.56 Å². The van der Waals surface area contributed by atoms with Crippen LogP contribution in [0.5, 0.6) is 5.75 Å². The Labute approximate surface area is 140 Å². The molecule has 0 aliphatic carbocycles. The van der Waals surface area contributed by atoms with E-state index < -0.39 is 5.97 Å². The van der Waals surface area contributed by atoms with Gasteiger partial charge in [-0.15, -0.1) is 0 Å². The molecule has 2 aromatic rings. The number of ether oxygens (including phenoxy) is 2. The maximum atomic E-state index is 12.1. The molecule has 5 heteroatoms. The van der Waals surface area contributed by atoms with Gasteiger partial charge in [-0.2, -0.15) is 0 Å². The van der Waals surface area contributed by atoms with E-state index in [1.54, 1.807) is 25.1 Å². The Morgan fingerprint density at radius 2 is 1.87 bits per heavy atom. The molecule has 2 rings (SSSR count). The summed E-state index contributed by atoms with van der Waals surface area (Å²) in [5.74, 6) is -0.300. The Hall–Kier alpha value is -2.33. The first-order valence-electron chi connectivity index (χ1n) is 7.21. The Balaban J connectivity index is 2.28. The summed E-state index contributed by atoms with van der Waals surface area (Å²) in [7, 11) is 0. The minimum Gasteiger partial charge on any atom is -0.488 e. The third-order valence-electron chi connectivity index (χ3n) is 3.22. The van der Waals surface area contributed by atoms with Gasteiger partial charge in [0.2, 0.25) is 0 Å². The van der Waals surface area contributed by atoms with Crippen LogP contribution in [0.1, 0.15) is 40.1 Å². The molecule has 0 saturated heterocycles. The van der Waals surface area contributed by atoms with Crippen molar-refractivity contribution < 1.29 is 19.1 Å². The first kappa shape index (κ1) is 17.0. The number of ketones is 1. The van der Waals surface area contributed by atoms with Gasteiger partial charge >= 0.3 is 5.97 Å². The average Bonchev–Trinajstić information content (AvgIpc) is 2.54. The van der Waals surface area contributed by atoms with Gasteiger partial charge in [0.25, 0.3) is 0 Å². The van der Waals surface area contributed by atoms with Crippen LogP contribution < -0.4 is 4.74 Å². The van der Waals surface area contributed by atoms with Crippen LogP contribution in [0.3, 0.4) is 0 Å². The Morgan fingerprint density at radius 1 is 1.13 bits per heavy atom. The van der Waals surface area contributed by atoms with Crippen molar-refractivity contribution in [3.8, 4) is 5.75 Å². The third kappa shape index (κ3) is 4.33. The SMILES string of the molecule is CCOC(=O)c1cc(C(C)=O)ccc1OCc1ccccc1Cl. The maximum Gasteiger partial charge on any atom is 0.341 e. The number of rotatable bonds is 6. The molecule has 4 nitrogen and oxygen atoms in total. The van der Waals surface area contributed by atoms with E-state index >= 15 is 0 Å². The van der Waals surface area contributed by atoms with Crippen LogP contribution in [0.15, 0.2) is 42.5 Å². The molecule has 0 spiro atoms. The molecule has 0 saturated carbocycles. The smallest absolute Gasteiger partial charge is 0.341 e. The lowest BCUT2D eigenvalue weighted by atomic mass is 10.1. The highest BCUT2D eigenvalue weighted by Crippen LogP contribution is 2.24. The fourth-order valence-corrected chi connectivity index (χ4v) is 2.20. The zero-order valence-electron chi connectivity index (χ0n) is 13.0. The average molecular weight is 333 g/mol. The quantitative estimate of drug-likeness (QED) is 0.584. The molecule has 0 fully saturated rings. The van der Waals surface area contributed by atoms with Gasteiger partial charge < -0.3 is 9.47 Å². The van der Waals surface area contributed by atoms with Crippen molar-refractivity contribution in [2.24, 2.45) is 0 Å². The van der Waals surface area contributed by atoms with Crippen molar-refractivity contribution >= 4 is 23.4 Å². The zero-order chi connectivity index (χ0) is 16.8. The summed E-state index contributed by atoms with van der Waals surface area (Å²) in [4.78, 5) is 23.6. The van der Waals surface area contributed by atoms with E-state index in [1.807, 2.05) is 18.2 Å². The number of benzene rings is 2. The van der Waals surface area contributed by atoms with Gasteiger partial charge in [0, 0.05) is 16.1 Å². The normalized spacial score (nSPS) is 10.2. The number of halogens is 1. The molecule has 2 aromatic carbocycles. The van der Waals surface area contributed by atoms with Crippen LogP contribution in [0.4, 0.5) is 0 Å². The Kier molecular flexibility index (Phi) is 5.77. The number of hydrogen-bond acceptors (Lipinski definition) is 4. The molecule has 0 radical (unpaired) electrons. The lowest BCUT2D eigenvalue weighted by Gasteiger charge is -2.12. The molecule has 0 amide bonds.